The maximum absolute atomic E-state index is 10.4. The molecule has 0 aromatic rings. The molecule has 70 valence electrons. The summed E-state index contributed by atoms with van der Waals surface area (Å²) in [5.41, 5.74) is -0.918. The number of hydrogen-bond acceptors (Lipinski definition) is 2. The minimum Gasteiger partial charge on any atom is -0.481 e. The van der Waals surface area contributed by atoms with Crippen LogP contribution in [0.5, 0.6) is 0 Å². The second-order valence-corrected chi connectivity index (χ2v) is 3.63. The van der Waals surface area contributed by atoms with Gasteiger partial charge in [0.1, 0.15) is 0 Å². The average molecular weight is 173 g/mol. The van der Waals surface area contributed by atoms with Crippen molar-refractivity contribution in [2.45, 2.75) is 38.7 Å². The van der Waals surface area contributed by atoms with Crippen molar-refractivity contribution in [1.29, 1.82) is 0 Å². The van der Waals surface area contributed by atoms with Crippen molar-refractivity contribution in [3.05, 3.63) is 6.92 Å². The molecule has 0 aromatic carbocycles. The first-order valence-corrected chi connectivity index (χ1v) is 4.13. The van der Waals surface area contributed by atoms with Crippen molar-refractivity contribution in [3.8, 4) is 0 Å². The topological polar surface area (TPSA) is 57.5 Å². The SMILES string of the molecule is [CH2+]C(C)(O)CCCC(C)C(=O)O. The van der Waals surface area contributed by atoms with Crippen molar-refractivity contribution in [3.63, 3.8) is 0 Å². The molecule has 0 saturated heterocycles. The van der Waals surface area contributed by atoms with Gasteiger partial charge in [-0.05, 0) is 12.8 Å². The van der Waals surface area contributed by atoms with E-state index in [1.807, 2.05) is 0 Å². The molecule has 0 aliphatic rings. The van der Waals surface area contributed by atoms with E-state index in [0.717, 1.165) is 0 Å². The van der Waals surface area contributed by atoms with Crippen LogP contribution in [0.25, 0.3) is 0 Å². The van der Waals surface area contributed by atoms with Gasteiger partial charge in [-0.25, -0.2) is 0 Å². The molecule has 2 atom stereocenters. The van der Waals surface area contributed by atoms with Crippen molar-refractivity contribution >= 4 is 5.97 Å². The second-order valence-electron chi connectivity index (χ2n) is 3.63. The number of carbonyl (C=O) groups is 1. The van der Waals surface area contributed by atoms with Gasteiger partial charge in [0.05, 0.1) is 12.8 Å². The zero-order valence-corrected chi connectivity index (χ0v) is 7.71. The predicted molar refractivity (Wildman–Crippen MR) is 46.6 cm³/mol. The first-order valence-electron chi connectivity index (χ1n) is 4.13. The molecular formula is C9H17O3+. The van der Waals surface area contributed by atoms with Crippen molar-refractivity contribution in [1.82, 2.24) is 0 Å². The van der Waals surface area contributed by atoms with Gasteiger partial charge in [0.25, 0.3) is 0 Å². The van der Waals surface area contributed by atoms with Gasteiger partial charge in [0, 0.05) is 13.3 Å². The lowest BCUT2D eigenvalue weighted by Crippen LogP contribution is -2.19. The second kappa shape index (κ2) is 4.36. The Bertz CT molecular complexity index is 146. The summed E-state index contributed by atoms with van der Waals surface area (Å²) in [7, 11) is 0. The third kappa shape index (κ3) is 6.04. The van der Waals surface area contributed by atoms with E-state index in [0.29, 0.717) is 19.3 Å². The van der Waals surface area contributed by atoms with Gasteiger partial charge in [-0.15, -0.1) is 0 Å². The van der Waals surface area contributed by atoms with Crippen LogP contribution in [0.15, 0.2) is 0 Å². The van der Waals surface area contributed by atoms with Gasteiger partial charge in [-0.1, -0.05) is 6.92 Å². The smallest absolute Gasteiger partial charge is 0.306 e. The Labute approximate surface area is 73.4 Å². The quantitative estimate of drug-likeness (QED) is 0.619. The van der Waals surface area contributed by atoms with E-state index >= 15 is 0 Å². The minimum absolute atomic E-state index is 0.327. The summed E-state index contributed by atoms with van der Waals surface area (Å²) in [6.07, 6.45) is 1.84. The molecule has 3 nitrogen and oxygen atoms in total. The molecule has 0 saturated carbocycles. The van der Waals surface area contributed by atoms with Crippen LogP contribution in [0.1, 0.15) is 33.1 Å². The summed E-state index contributed by atoms with van der Waals surface area (Å²) < 4.78 is 0. The molecule has 12 heavy (non-hydrogen) atoms. The van der Waals surface area contributed by atoms with Gasteiger partial charge in [-0.2, -0.15) is 0 Å². The summed E-state index contributed by atoms with van der Waals surface area (Å²) >= 11 is 0. The lowest BCUT2D eigenvalue weighted by Gasteiger charge is -2.10. The molecule has 0 radical (unpaired) electrons. The lowest BCUT2D eigenvalue weighted by atomic mass is 9.97. The first-order chi connectivity index (χ1) is 5.33. The maximum atomic E-state index is 10.4. The van der Waals surface area contributed by atoms with Crippen molar-refractivity contribution < 1.29 is 15.0 Å². The maximum Gasteiger partial charge on any atom is 0.306 e. The standard InChI is InChI=1S/C9H16O3/c1-7(8(10)11)5-4-6-9(2,3)12/h7,12H,2,4-6H2,1,3H3/p+1. The van der Waals surface area contributed by atoms with E-state index in [4.69, 9.17) is 5.11 Å². The number of hydrogen-bond donors (Lipinski definition) is 2. The molecule has 0 spiro atoms. The zero-order valence-electron chi connectivity index (χ0n) is 7.71. The highest BCUT2D eigenvalue weighted by atomic mass is 16.4. The monoisotopic (exact) mass is 173 g/mol. The van der Waals surface area contributed by atoms with Crippen LogP contribution in [-0.4, -0.2) is 21.8 Å². The average Bonchev–Trinajstić information content (AvgIpc) is 1.84. The zero-order chi connectivity index (χ0) is 9.78. The molecule has 2 unspecified atom stereocenters. The minimum atomic E-state index is -0.918. The van der Waals surface area contributed by atoms with Crippen molar-refractivity contribution in [2.75, 3.05) is 0 Å². The molecule has 0 fully saturated rings. The summed E-state index contributed by atoms with van der Waals surface area (Å²) in [5, 5.41) is 17.7. The normalized spacial score (nSPS) is 18.2. The summed E-state index contributed by atoms with van der Waals surface area (Å²) in [6.45, 7) is 6.81. The van der Waals surface area contributed by atoms with Crippen LogP contribution in [0.2, 0.25) is 0 Å². The van der Waals surface area contributed by atoms with Crippen LogP contribution in [-0.2, 0) is 4.79 Å². The van der Waals surface area contributed by atoms with E-state index in [1.54, 1.807) is 13.8 Å². The van der Waals surface area contributed by atoms with E-state index in [9.17, 15) is 9.90 Å². The highest BCUT2D eigenvalue weighted by Gasteiger charge is 2.21. The van der Waals surface area contributed by atoms with Crippen molar-refractivity contribution in [2.24, 2.45) is 5.92 Å². The molecule has 0 bridgehead atoms. The Hall–Kier alpha value is -0.700. The number of rotatable bonds is 5. The number of aliphatic carboxylic acids is 1. The van der Waals surface area contributed by atoms with Crippen LogP contribution in [0.4, 0.5) is 0 Å². The highest BCUT2D eigenvalue weighted by molar-refractivity contribution is 5.69. The molecule has 0 aliphatic heterocycles. The largest absolute Gasteiger partial charge is 0.481 e. The van der Waals surface area contributed by atoms with Crippen LogP contribution >= 0.6 is 0 Å². The van der Waals surface area contributed by atoms with E-state index in [1.165, 1.54) is 0 Å². The number of carboxylic acid groups (broad SMARTS) is 1. The fourth-order valence-corrected chi connectivity index (χ4v) is 0.913. The molecular weight excluding hydrogens is 156 g/mol. The third-order valence-corrected chi connectivity index (χ3v) is 1.77. The van der Waals surface area contributed by atoms with Crippen LogP contribution in [0, 0.1) is 12.8 Å². The molecule has 2 N–H and O–H groups in total. The Morgan fingerprint density at radius 3 is 2.50 bits per heavy atom. The Morgan fingerprint density at radius 2 is 2.17 bits per heavy atom. The molecule has 0 heterocycles. The van der Waals surface area contributed by atoms with E-state index < -0.39 is 11.6 Å². The fourth-order valence-electron chi connectivity index (χ4n) is 0.913. The first kappa shape index (κ1) is 11.3. The van der Waals surface area contributed by atoms with E-state index in [2.05, 4.69) is 6.92 Å². The fraction of sp³-hybridized carbons (Fsp3) is 0.778. The Kier molecular flexibility index (Phi) is 4.10. The van der Waals surface area contributed by atoms with Gasteiger partial charge in [-0.3, -0.25) is 4.79 Å². The van der Waals surface area contributed by atoms with Gasteiger partial charge < -0.3 is 10.2 Å². The predicted octanol–water partition coefficient (Wildman–Crippen LogP) is 1.46. The molecule has 0 amide bonds. The molecule has 0 rings (SSSR count). The van der Waals surface area contributed by atoms with Gasteiger partial charge in [0.15, 0.2) is 5.60 Å². The van der Waals surface area contributed by atoms with E-state index in [-0.39, 0.29) is 5.92 Å². The molecule has 0 aliphatic carbocycles. The Balaban J connectivity index is 3.51. The van der Waals surface area contributed by atoms with Gasteiger partial charge >= 0.3 is 5.97 Å². The van der Waals surface area contributed by atoms with Crippen LogP contribution < -0.4 is 0 Å². The third-order valence-electron chi connectivity index (χ3n) is 1.77. The Morgan fingerprint density at radius 1 is 1.67 bits per heavy atom. The van der Waals surface area contributed by atoms with Crippen LogP contribution in [0.3, 0.4) is 0 Å². The lowest BCUT2D eigenvalue weighted by molar-refractivity contribution is -0.141. The summed E-state index contributed by atoms with van der Waals surface area (Å²) in [5.74, 6) is -1.11. The van der Waals surface area contributed by atoms with Gasteiger partial charge in [0.2, 0.25) is 0 Å². The molecule has 3 heteroatoms. The molecule has 0 aromatic heterocycles. The number of aliphatic hydroxyl groups is 1. The highest BCUT2D eigenvalue weighted by Crippen LogP contribution is 2.15. The number of carboxylic acids is 1. The summed E-state index contributed by atoms with van der Waals surface area (Å²) in [4.78, 5) is 10.4. The summed E-state index contributed by atoms with van der Waals surface area (Å²) in [6, 6.07) is 0.